The summed E-state index contributed by atoms with van der Waals surface area (Å²) in [7, 11) is -1.69. The second kappa shape index (κ2) is 3.58. The quantitative estimate of drug-likeness (QED) is 0.717. The second-order valence-electron chi connectivity index (χ2n) is 3.79. The molecule has 7 heteroatoms. The Morgan fingerprint density at radius 1 is 1.60 bits per heavy atom. The van der Waals surface area contributed by atoms with Crippen LogP contribution in [0.2, 0.25) is 0 Å². The van der Waals surface area contributed by atoms with E-state index in [0.717, 1.165) is 0 Å². The Labute approximate surface area is 88.7 Å². The van der Waals surface area contributed by atoms with E-state index in [1.165, 1.54) is 16.8 Å². The number of sulfonamides is 1. The zero-order valence-electron chi connectivity index (χ0n) is 8.50. The van der Waals surface area contributed by atoms with Gasteiger partial charge in [0.1, 0.15) is 0 Å². The zero-order chi connectivity index (χ0) is 11.1. The number of nitrogens with two attached hydrogens (primary N) is 1. The molecule has 0 aromatic carbocycles. The van der Waals surface area contributed by atoms with Crippen LogP contribution in [0.15, 0.2) is 17.6 Å². The highest BCUT2D eigenvalue weighted by molar-refractivity contribution is 7.89. The van der Waals surface area contributed by atoms with Gasteiger partial charge in [-0.1, -0.05) is 0 Å². The molecule has 0 saturated carbocycles. The smallest absolute Gasteiger partial charge is 0.262 e. The third-order valence-corrected chi connectivity index (χ3v) is 4.22. The minimum Gasteiger partial charge on any atom is -0.339 e. The molecule has 0 spiro atoms. The predicted octanol–water partition coefficient (Wildman–Crippen LogP) is -0.858. The molecule has 0 unspecified atom stereocenters. The lowest BCUT2D eigenvalue weighted by molar-refractivity contribution is 0.470. The molecule has 1 aliphatic heterocycles. The minimum atomic E-state index is -3.43. The summed E-state index contributed by atoms with van der Waals surface area (Å²) in [6, 6.07) is -0.0523. The predicted molar refractivity (Wildman–Crippen MR) is 54.6 cm³/mol. The maximum Gasteiger partial charge on any atom is 0.262 e. The molecule has 1 atom stereocenters. The first-order chi connectivity index (χ1) is 7.00. The molecule has 2 heterocycles. The molecule has 1 saturated heterocycles. The number of imidazole rings is 1. The van der Waals surface area contributed by atoms with Crippen molar-refractivity contribution in [3.8, 4) is 0 Å². The van der Waals surface area contributed by atoms with Crippen molar-refractivity contribution in [2.45, 2.75) is 17.5 Å². The normalized spacial score (nSPS) is 23.5. The van der Waals surface area contributed by atoms with Gasteiger partial charge in [0, 0.05) is 32.4 Å². The molecule has 15 heavy (non-hydrogen) atoms. The molecule has 0 aliphatic carbocycles. The summed E-state index contributed by atoms with van der Waals surface area (Å²) >= 11 is 0. The van der Waals surface area contributed by atoms with E-state index in [9.17, 15) is 8.42 Å². The van der Waals surface area contributed by atoms with Gasteiger partial charge in [0.05, 0.1) is 6.33 Å². The molecule has 1 aliphatic rings. The average molecular weight is 230 g/mol. The fourth-order valence-electron chi connectivity index (χ4n) is 1.63. The van der Waals surface area contributed by atoms with Gasteiger partial charge in [-0.15, -0.1) is 0 Å². The molecule has 0 amide bonds. The number of aromatic nitrogens is 2. The van der Waals surface area contributed by atoms with Gasteiger partial charge in [-0.05, 0) is 6.42 Å². The third kappa shape index (κ3) is 1.90. The fraction of sp³-hybridized carbons (Fsp3) is 0.625. The van der Waals surface area contributed by atoms with Crippen LogP contribution in [0.3, 0.4) is 0 Å². The van der Waals surface area contributed by atoms with Gasteiger partial charge in [-0.2, -0.15) is 4.31 Å². The average Bonchev–Trinajstić information content (AvgIpc) is 2.74. The number of nitrogens with zero attached hydrogens (tertiary/aromatic N) is 3. The van der Waals surface area contributed by atoms with E-state index in [1.54, 1.807) is 11.6 Å². The van der Waals surface area contributed by atoms with Crippen LogP contribution in [0, 0.1) is 0 Å². The lowest BCUT2D eigenvalue weighted by Gasteiger charge is -2.13. The first-order valence-electron chi connectivity index (χ1n) is 4.74. The van der Waals surface area contributed by atoms with Gasteiger partial charge in [0.15, 0.2) is 5.03 Å². The molecule has 6 nitrogen and oxygen atoms in total. The van der Waals surface area contributed by atoms with Crippen molar-refractivity contribution in [3.63, 3.8) is 0 Å². The third-order valence-electron chi connectivity index (χ3n) is 2.47. The van der Waals surface area contributed by atoms with E-state index in [1.807, 2.05) is 0 Å². The topological polar surface area (TPSA) is 81.2 Å². The van der Waals surface area contributed by atoms with Gasteiger partial charge in [0.2, 0.25) is 0 Å². The lowest BCUT2D eigenvalue weighted by Crippen LogP contribution is -2.32. The maximum atomic E-state index is 12.0. The van der Waals surface area contributed by atoms with Crippen molar-refractivity contribution in [2.75, 3.05) is 13.1 Å². The first kappa shape index (κ1) is 10.6. The van der Waals surface area contributed by atoms with E-state index < -0.39 is 10.0 Å². The van der Waals surface area contributed by atoms with Crippen LogP contribution in [0.4, 0.5) is 0 Å². The van der Waals surface area contributed by atoms with Crippen molar-refractivity contribution in [2.24, 2.45) is 12.8 Å². The Morgan fingerprint density at radius 3 is 2.80 bits per heavy atom. The van der Waals surface area contributed by atoms with Gasteiger partial charge in [-0.3, -0.25) is 0 Å². The Balaban J connectivity index is 2.27. The van der Waals surface area contributed by atoms with Crippen LogP contribution in [0.1, 0.15) is 6.42 Å². The molecular formula is C8H14N4O2S. The standard InChI is InChI=1S/C8H14N4O2S/c1-11-5-8(10-6-11)15(13,14)12-3-2-7(9)4-12/h5-7H,2-4,9H2,1H3/t7-/m0/s1. The summed E-state index contributed by atoms with van der Waals surface area (Å²) in [6.45, 7) is 0.874. The number of hydrogen-bond acceptors (Lipinski definition) is 4. The highest BCUT2D eigenvalue weighted by Gasteiger charge is 2.32. The Kier molecular flexibility index (Phi) is 2.53. The van der Waals surface area contributed by atoms with E-state index in [2.05, 4.69) is 4.98 Å². The second-order valence-corrected chi connectivity index (χ2v) is 5.67. The van der Waals surface area contributed by atoms with E-state index >= 15 is 0 Å². The fourth-order valence-corrected chi connectivity index (χ4v) is 3.10. The van der Waals surface area contributed by atoms with E-state index in [-0.39, 0.29) is 11.1 Å². The Hall–Kier alpha value is -0.920. The summed E-state index contributed by atoms with van der Waals surface area (Å²) in [5, 5.41) is 0.0964. The molecular weight excluding hydrogens is 216 g/mol. The SMILES string of the molecule is Cn1cnc(S(=O)(=O)N2CC[C@H](N)C2)c1. The van der Waals surface area contributed by atoms with Gasteiger partial charge in [0.25, 0.3) is 10.0 Å². The van der Waals surface area contributed by atoms with Crippen LogP contribution < -0.4 is 5.73 Å². The van der Waals surface area contributed by atoms with Gasteiger partial charge < -0.3 is 10.3 Å². The lowest BCUT2D eigenvalue weighted by atomic mass is 10.3. The molecule has 1 fully saturated rings. The molecule has 84 valence electrons. The molecule has 2 rings (SSSR count). The van der Waals surface area contributed by atoms with Crippen molar-refractivity contribution in [1.82, 2.24) is 13.9 Å². The van der Waals surface area contributed by atoms with Crippen LogP contribution in [-0.4, -0.2) is 41.4 Å². The largest absolute Gasteiger partial charge is 0.339 e. The highest BCUT2D eigenvalue weighted by atomic mass is 32.2. The summed E-state index contributed by atoms with van der Waals surface area (Å²) < 4.78 is 27.0. The summed E-state index contributed by atoms with van der Waals surface area (Å²) in [4.78, 5) is 3.85. The van der Waals surface area contributed by atoms with Crippen LogP contribution >= 0.6 is 0 Å². The first-order valence-corrected chi connectivity index (χ1v) is 6.18. The Morgan fingerprint density at radius 2 is 2.33 bits per heavy atom. The van der Waals surface area contributed by atoms with Crippen LogP contribution in [0.25, 0.3) is 0 Å². The van der Waals surface area contributed by atoms with Crippen molar-refractivity contribution in [1.29, 1.82) is 0 Å². The van der Waals surface area contributed by atoms with E-state index in [4.69, 9.17) is 5.73 Å². The van der Waals surface area contributed by atoms with Crippen molar-refractivity contribution >= 4 is 10.0 Å². The molecule has 1 aromatic heterocycles. The number of aryl methyl sites for hydroxylation is 1. The summed E-state index contributed by atoms with van der Waals surface area (Å²) in [5.74, 6) is 0. The van der Waals surface area contributed by atoms with Crippen molar-refractivity contribution in [3.05, 3.63) is 12.5 Å². The van der Waals surface area contributed by atoms with E-state index in [0.29, 0.717) is 19.5 Å². The molecule has 1 aromatic rings. The molecule has 0 bridgehead atoms. The monoisotopic (exact) mass is 230 g/mol. The Bertz CT molecular complexity index is 453. The maximum absolute atomic E-state index is 12.0. The highest BCUT2D eigenvalue weighted by Crippen LogP contribution is 2.18. The number of rotatable bonds is 2. The van der Waals surface area contributed by atoms with Gasteiger partial charge >= 0.3 is 0 Å². The molecule has 0 radical (unpaired) electrons. The summed E-state index contributed by atoms with van der Waals surface area (Å²) in [6.07, 6.45) is 3.69. The zero-order valence-corrected chi connectivity index (χ0v) is 9.31. The number of hydrogen-bond donors (Lipinski definition) is 1. The van der Waals surface area contributed by atoms with Crippen molar-refractivity contribution < 1.29 is 8.42 Å². The summed E-state index contributed by atoms with van der Waals surface area (Å²) in [5.41, 5.74) is 5.67. The minimum absolute atomic E-state index is 0.0523. The molecule has 2 N–H and O–H groups in total. The van der Waals surface area contributed by atoms with Crippen LogP contribution in [-0.2, 0) is 17.1 Å². The van der Waals surface area contributed by atoms with Gasteiger partial charge in [-0.25, -0.2) is 13.4 Å². The van der Waals surface area contributed by atoms with Crippen LogP contribution in [0.5, 0.6) is 0 Å².